The van der Waals surface area contributed by atoms with E-state index in [9.17, 15) is 20.0 Å². The normalized spacial score (nSPS) is 29.6. The maximum Gasteiger partial charge on any atom is 0.324 e. The molecule has 12 nitrogen and oxygen atoms in total. The number of cyclic esters (lactones) is 1. The molecule has 45 heavy (non-hydrogen) atoms. The van der Waals surface area contributed by atoms with Crippen molar-refractivity contribution in [1.82, 2.24) is 15.1 Å². The molecule has 0 amide bonds. The summed E-state index contributed by atoms with van der Waals surface area (Å²) in [6.07, 6.45) is 0.510. The zero-order valence-electron chi connectivity index (χ0n) is 26.0. The van der Waals surface area contributed by atoms with Gasteiger partial charge < -0.3 is 34.1 Å². The number of hydrogen-bond acceptors (Lipinski definition) is 13. The Kier molecular flexibility index (Phi) is 7.31. The first-order chi connectivity index (χ1) is 21.6. The van der Waals surface area contributed by atoms with Gasteiger partial charge in [0.1, 0.15) is 24.4 Å². The summed E-state index contributed by atoms with van der Waals surface area (Å²) >= 11 is 1.54. The number of phenols is 1. The van der Waals surface area contributed by atoms with E-state index >= 15 is 0 Å². The Bertz CT molecular complexity index is 1660. The molecule has 2 N–H and O–H groups in total. The molecule has 1 unspecified atom stereocenters. The molecule has 5 heterocycles. The van der Waals surface area contributed by atoms with Gasteiger partial charge in [-0.2, -0.15) is 5.26 Å². The summed E-state index contributed by atoms with van der Waals surface area (Å²) in [6, 6.07) is 1.67. The number of aromatic hydroxyl groups is 1. The fraction of sp³-hybridized carbons (Fsp3) is 0.531. The van der Waals surface area contributed by atoms with Crippen LogP contribution < -0.4 is 24.3 Å². The lowest BCUT2D eigenvalue weighted by molar-refractivity contribution is -0.152. The van der Waals surface area contributed by atoms with Crippen LogP contribution in [0.3, 0.4) is 0 Å². The van der Waals surface area contributed by atoms with Gasteiger partial charge in [0, 0.05) is 47.0 Å². The number of hydrogen-bond donors (Lipinski definition) is 2. The van der Waals surface area contributed by atoms with E-state index in [0.717, 1.165) is 22.3 Å². The molecule has 2 saturated heterocycles. The minimum Gasteiger partial charge on any atom is -0.504 e. The maximum absolute atomic E-state index is 13.4. The molecule has 2 fully saturated rings. The molecule has 0 spiro atoms. The predicted molar refractivity (Wildman–Crippen MR) is 163 cm³/mol. The number of thioether (sulfide) groups is 1. The second-order valence-corrected chi connectivity index (χ2v) is 13.6. The average Bonchev–Trinajstić information content (AvgIpc) is 3.48. The summed E-state index contributed by atoms with van der Waals surface area (Å²) in [4.78, 5) is 30.0. The smallest absolute Gasteiger partial charge is 0.324 e. The number of fused-ring (bicyclic) bond motifs is 9. The SMILES string of the molecule is COc1c(C)cc2c(c1O)[C@H]1N[C@@H](C2)[C@H](C#N)N2C1[C@@H]1SC[C@H](N(C)C)C(=O)OC[C@H]2c2c3c(c(C)c(OC(C)=O)c21)OCO3. The van der Waals surface area contributed by atoms with Gasteiger partial charge in [0.25, 0.3) is 0 Å². The van der Waals surface area contributed by atoms with E-state index in [1.54, 1.807) is 0 Å². The van der Waals surface area contributed by atoms with Crippen molar-refractivity contribution >= 4 is 23.7 Å². The summed E-state index contributed by atoms with van der Waals surface area (Å²) in [6.45, 7) is 5.02. The number of phenolic OH excluding ortho intramolecular Hbond substituents is 1. The van der Waals surface area contributed by atoms with Crippen LogP contribution in [0.25, 0.3) is 0 Å². The van der Waals surface area contributed by atoms with Crippen molar-refractivity contribution in [3.8, 4) is 34.8 Å². The standard InChI is InChI=1S/C32H36N4O8S/c1-13-7-16-8-17-18(9-33)36-19-10-41-32(39)20(35(4)5)11-45-31(25(36)24(34-17)21(16)26(38)27(13)40-6)23-22(19)30-29(42-12-43-30)14(2)28(23)44-15(3)37/h7,17-20,24-25,31,34,38H,8,10-12H2,1-6H3/t17-,18-,19-,20-,24+,25?,31+/m0/s1. The largest absolute Gasteiger partial charge is 0.504 e. The third-order valence-electron chi connectivity index (χ3n) is 9.75. The van der Waals surface area contributed by atoms with E-state index in [4.69, 9.17) is 23.7 Å². The molecule has 7 rings (SSSR count). The molecule has 238 valence electrons. The highest BCUT2D eigenvalue weighted by atomic mass is 32.2. The molecule has 0 saturated carbocycles. The molecular weight excluding hydrogens is 600 g/mol. The number of carbonyl (C=O) groups excluding carboxylic acids is 2. The Morgan fingerprint density at radius 1 is 1.18 bits per heavy atom. The number of rotatable bonds is 3. The van der Waals surface area contributed by atoms with Gasteiger partial charge in [-0.05, 0) is 45.5 Å². The second-order valence-electron chi connectivity index (χ2n) is 12.4. The van der Waals surface area contributed by atoms with Crippen molar-refractivity contribution in [2.45, 2.75) is 68.7 Å². The van der Waals surface area contributed by atoms with Gasteiger partial charge >= 0.3 is 11.9 Å². The first-order valence-electron chi connectivity index (χ1n) is 15.0. The summed E-state index contributed by atoms with van der Waals surface area (Å²) in [5, 5.41) is 25.7. The van der Waals surface area contributed by atoms with E-state index < -0.39 is 41.4 Å². The number of ether oxygens (including phenoxy) is 5. The van der Waals surface area contributed by atoms with Gasteiger partial charge in [-0.3, -0.25) is 19.4 Å². The molecule has 4 bridgehead atoms. The van der Waals surface area contributed by atoms with Crippen LogP contribution in [0.15, 0.2) is 6.07 Å². The van der Waals surface area contributed by atoms with Crippen molar-refractivity contribution in [1.29, 1.82) is 5.26 Å². The van der Waals surface area contributed by atoms with Gasteiger partial charge in [0.05, 0.1) is 30.5 Å². The number of benzene rings is 2. The maximum atomic E-state index is 13.4. The Morgan fingerprint density at radius 3 is 2.62 bits per heavy atom. The molecule has 5 aliphatic heterocycles. The molecule has 7 atom stereocenters. The Labute approximate surface area is 265 Å². The zero-order chi connectivity index (χ0) is 31.9. The van der Waals surface area contributed by atoms with E-state index in [1.165, 1.54) is 25.8 Å². The van der Waals surface area contributed by atoms with Crippen LogP contribution in [0.2, 0.25) is 0 Å². The molecule has 13 heteroatoms. The van der Waals surface area contributed by atoms with Crippen LogP contribution in [0.1, 0.15) is 57.6 Å². The number of methoxy groups -OCH3 is 1. The number of carbonyl (C=O) groups is 2. The van der Waals surface area contributed by atoms with Crippen LogP contribution >= 0.6 is 11.8 Å². The highest BCUT2D eigenvalue weighted by Crippen LogP contribution is 2.62. The van der Waals surface area contributed by atoms with E-state index in [2.05, 4.69) is 16.3 Å². The summed E-state index contributed by atoms with van der Waals surface area (Å²) in [7, 11) is 5.22. The number of likely N-dealkylation sites (N-methyl/N-ethyl adjacent to an activating group) is 1. The van der Waals surface area contributed by atoms with E-state index in [1.807, 2.05) is 38.9 Å². The van der Waals surface area contributed by atoms with E-state index in [0.29, 0.717) is 46.3 Å². The third-order valence-corrected chi connectivity index (χ3v) is 11.1. The van der Waals surface area contributed by atoms with Crippen LogP contribution in [0.4, 0.5) is 0 Å². The van der Waals surface area contributed by atoms with E-state index in [-0.39, 0.29) is 31.2 Å². The average molecular weight is 637 g/mol. The van der Waals surface area contributed by atoms with Gasteiger partial charge in [-0.15, -0.1) is 11.8 Å². The molecule has 0 aromatic heterocycles. The molecule has 0 aliphatic carbocycles. The number of nitriles is 1. The minimum atomic E-state index is -0.634. The Balaban J connectivity index is 1.54. The van der Waals surface area contributed by atoms with Crippen molar-refractivity contribution in [3.05, 3.63) is 39.4 Å². The number of nitrogens with zero attached hydrogens (tertiary/aromatic N) is 3. The molecule has 0 radical (unpaired) electrons. The number of nitrogens with one attached hydrogen (secondary N) is 1. The monoisotopic (exact) mass is 636 g/mol. The quantitative estimate of drug-likeness (QED) is 0.377. The van der Waals surface area contributed by atoms with Crippen LogP contribution in [0, 0.1) is 25.2 Å². The minimum absolute atomic E-state index is 0.0164. The first-order valence-corrected chi connectivity index (χ1v) is 16.0. The van der Waals surface area contributed by atoms with Crippen LogP contribution in [0.5, 0.6) is 28.7 Å². The number of esters is 2. The lowest BCUT2D eigenvalue weighted by Gasteiger charge is -2.59. The van der Waals surface area contributed by atoms with Crippen LogP contribution in [-0.2, 0) is 20.7 Å². The topological polar surface area (TPSA) is 143 Å². The second kappa shape index (κ2) is 11.0. The number of aryl methyl sites for hydroxylation is 1. The highest BCUT2D eigenvalue weighted by Gasteiger charge is 2.59. The third kappa shape index (κ3) is 4.37. The molecule has 2 aromatic rings. The van der Waals surface area contributed by atoms with Gasteiger partial charge in [-0.1, -0.05) is 6.07 Å². The van der Waals surface area contributed by atoms with Crippen molar-refractivity contribution < 1.29 is 38.4 Å². The first kappa shape index (κ1) is 30.0. The van der Waals surface area contributed by atoms with Crippen molar-refractivity contribution in [2.75, 3.05) is 40.4 Å². The van der Waals surface area contributed by atoms with Gasteiger partial charge in [0.15, 0.2) is 23.0 Å². The lowest BCUT2D eigenvalue weighted by atomic mass is 9.72. The fourth-order valence-electron chi connectivity index (χ4n) is 7.92. The summed E-state index contributed by atoms with van der Waals surface area (Å²) < 4.78 is 29.7. The molecular formula is C32H36N4O8S. The predicted octanol–water partition coefficient (Wildman–Crippen LogP) is 2.82. The fourth-order valence-corrected chi connectivity index (χ4v) is 9.64. The molecule has 2 aromatic carbocycles. The van der Waals surface area contributed by atoms with Gasteiger partial charge in [-0.25, -0.2) is 0 Å². The summed E-state index contributed by atoms with van der Waals surface area (Å²) in [5.74, 6) is 1.36. The number of piperazine rings is 1. The Morgan fingerprint density at radius 2 is 1.93 bits per heavy atom. The van der Waals surface area contributed by atoms with Gasteiger partial charge in [0.2, 0.25) is 6.79 Å². The lowest BCUT2D eigenvalue weighted by Crippen LogP contribution is -2.69. The zero-order valence-corrected chi connectivity index (χ0v) is 26.8. The highest BCUT2D eigenvalue weighted by molar-refractivity contribution is 7.99. The Hall–Kier alpha value is -3.70. The molecule has 5 aliphatic rings. The van der Waals surface area contributed by atoms with Crippen molar-refractivity contribution in [2.24, 2.45) is 0 Å². The van der Waals surface area contributed by atoms with Crippen LogP contribution in [-0.4, -0.2) is 91.4 Å². The summed E-state index contributed by atoms with van der Waals surface area (Å²) in [5.41, 5.74) is 4.57. The van der Waals surface area contributed by atoms with Crippen molar-refractivity contribution in [3.63, 3.8) is 0 Å².